The lowest BCUT2D eigenvalue weighted by Gasteiger charge is -2.11. The summed E-state index contributed by atoms with van der Waals surface area (Å²) >= 11 is 1.64. The van der Waals surface area contributed by atoms with E-state index in [0.717, 1.165) is 16.1 Å². The zero-order valence-corrected chi connectivity index (χ0v) is 13.7. The first-order valence-electron chi connectivity index (χ1n) is 6.81. The molecule has 0 aromatic heterocycles. The van der Waals surface area contributed by atoms with E-state index in [-0.39, 0.29) is 12.3 Å². The van der Waals surface area contributed by atoms with E-state index in [9.17, 15) is 4.79 Å². The standard InChI is InChI=1S/C17H19NO3S/c1-20-14-7-8-16(21-2)12(9-14)10-17(19)18-13-5-4-6-15(11-13)22-3/h4-9,11H,10H2,1-3H3,(H,18,19). The number of hydrogen-bond acceptors (Lipinski definition) is 4. The molecule has 0 aliphatic heterocycles. The van der Waals surface area contributed by atoms with Gasteiger partial charge in [-0.2, -0.15) is 0 Å². The van der Waals surface area contributed by atoms with Gasteiger partial charge in [0.15, 0.2) is 0 Å². The third-order valence-electron chi connectivity index (χ3n) is 3.19. The fourth-order valence-corrected chi connectivity index (χ4v) is 2.56. The molecule has 116 valence electrons. The molecule has 1 amide bonds. The van der Waals surface area contributed by atoms with E-state index in [1.807, 2.05) is 42.7 Å². The van der Waals surface area contributed by atoms with Crippen LogP contribution in [-0.2, 0) is 11.2 Å². The Hall–Kier alpha value is -2.14. The molecule has 2 aromatic rings. The minimum absolute atomic E-state index is 0.0928. The van der Waals surface area contributed by atoms with Crippen LogP contribution in [0, 0.1) is 0 Å². The Morgan fingerprint density at radius 1 is 1.14 bits per heavy atom. The van der Waals surface area contributed by atoms with Crippen LogP contribution in [0.5, 0.6) is 11.5 Å². The molecule has 2 aromatic carbocycles. The zero-order chi connectivity index (χ0) is 15.9. The lowest BCUT2D eigenvalue weighted by atomic mass is 10.1. The third-order valence-corrected chi connectivity index (χ3v) is 3.92. The summed E-state index contributed by atoms with van der Waals surface area (Å²) < 4.78 is 10.5. The Morgan fingerprint density at radius 3 is 2.64 bits per heavy atom. The highest BCUT2D eigenvalue weighted by Gasteiger charge is 2.10. The van der Waals surface area contributed by atoms with Crippen molar-refractivity contribution in [2.75, 3.05) is 25.8 Å². The number of carbonyl (C=O) groups excluding carboxylic acids is 1. The highest BCUT2D eigenvalue weighted by Crippen LogP contribution is 2.25. The lowest BCUT2D eigenvalue weighted by Crippen LogP contribution is -2.15. The van der Waals surface area contributed by atoms with Gasteiger partial charge in [0.25, 0.3) is 0 Å². The second kappa shape index (κ2) is 7.75. The molecule has 0 bridgehead atoms. The number of thioether (sulfide) groups is 1. The van der Waals surface area contributed by atoms with E-state index >= 15 is 0 Å². The van der Waals surface area contributed by atoms with Crippen molar-refractivity contribution in [3.05, 3.63) is 48.0 Å². The average molecular weight is 317 g/mol. The van der Waals surface area contributed by atoms with Gasteiger partial charge < -0.3 is 14.8 Å². The summed E-state index contributed by atoms with van der Waals surface area (Å²) in [6, 6.07) is 13.2. The third kappa shape index (κ3) is 4.18. The summed E-state index contributed by atoms with van der Waals surface area (Å²) in [6.07, 6.45) is 2.23. The van der Waals surface area contributed by atoms with Crippen molar-refractivity contribution >= 4 is 23.4 Å². The van der Waals surface area contributed by atoms with E-state index in [1.165, 1.54) is 0 Å². The first-order chi connectivity index (χ1) is 10.7. The maximum absolute atomic E-state index is 12.2. The first kappa shape index (κ1) is 16.2. The van der Waals surface area contributed by atoms with Crippen LogP contribution in [0.4, 0.5) is 5.69 Å². The molecule has 5 heteroatoms. The molecule has 0 aliphatic carbocycles. The smallest absolute Gasteiger partial charge is 0.228 e. The van der Waals surface area contributed by atoms with Crippen molar-refractivity contribution in [1.82, 2.24) is 0 Å². The van der Waals surface area contributed by atoms with E-state index in [1.54, 1.807) is 32.0 Å². The SMILES string of the molecule is COc1ccc(OC)c(CC(=O)Nc2cccc(SC)c2)c1. The predicted molar refractivity (Wildman–Crippen MR) is 90.1 cm³/mol. The molecule has 0 fully saturated rings. The molecule has 1 N–H and O–H groups in total. The van der Waals surface area contributed by atoms with Crippen molar-refractivity contribution in [3.8, 4) is 11.5 Å². The minimum Gasteiger partial charge on any atom is -0.497 e. The second-order valence-electron chi connectivity index (χ2n) is 4.63. The Morgan fingerprint density at radius 2 is 1.95 bits per heavy atom. The Bertz CT molecular complexity index is 658. The van der Waals surface area contributed by atoms with Gasteiger partial charge in [0.2, 0.25) is 5.91 Å². The molecular weight excluding hydrogens is 298 g/mol. The average Bonchev–Trinajstić information content (AvgIpc) is 2.54. The summed E-state index contributed by atoms with van der Waals surface area (Å²) in [5, 5.41) is 2.91. The number of benzene rings is 2. The number of hydrogen-bond donors (Lipinski definition) is 1. The fourth-order valence-electron chi connectivity index (χ4n) is 2.10. The maximum Gasteiger partial charge on any atom is 0.228 e. The van der Waals surface area contributed by atoms with E-state index in [0.29, 0.717) is 11.5 Å². The molecule has 0 atom stereocenters. The monoisotopic (exact) mass is 317 g/mol. The van der Waals surface area contributed by atoms with Gasteiger partial charge in [-0.1, -0.05) is 6.07 Å². The second-order valence-corrected chi connectivity index (χ2v) is 5.51. The van der Waals surface area contributed by atoms with Gasteiger partial charge in [-0.15, -0.1) is 11.8 Å². The number of anilines is 1. The Balaban J connectivity index is 2.11. The molecule has 0 spiro atoms. The minimum atomic E-state index is -0.0928. The summed E-state index contributed by atoms with van der Waals surface area (Å²) in [7, 11) is 3.19. The van der Waals surface area contributed by atoms with Crippen molar-refractivity contribution < 1.29 is 14.3 Å². The van der Waals surface area contributed by atoms with E-state index in [2.05, 4.69) is 5.32 Å². The van der Waals surface area contributed by atoms with Gasteiger partial charge in [-0.05, 0) is 42.7 Å². The van der Waals surface area contributed by atoms with Crippen LogP contribution in [-0.4, -0.2) is 26.4 Å². The first-order valence-corrected chi connectivity index (χ1v) is 8.03. The van der Waals surface area contributed by atoms with Crippen LogP contribution in [0.1, 0.15) is 5.56 Å². The number of carbonyl (C=O) groups is 1. The van der Waals surface area contributed by atoms with Crippen molar-refractivity contribution in [1.29, 1.82) is 0 Å². The molecule has 4 nitrogen and oxygen atoms in total. The van der Waals surface area contributed by atoms with Crippen LogP contribution in [0.15, 0.2) is 47.4 Å². The predicted octanol–water partition coefficient (Wildman–Crippen LogP) is 3.61. The summed E-state index contributed by atoms with van der Waals surface area (Å²) in [5.74, 6) is 1.28. The van der Waals surface area contributed by atoms with Gasteiger partial charge in [0, 0.05) is 16.1 Å². The van der Waals surface area contributed by atoms with Crippen molar-refractivity contribution in [2.24, 2.45) is 0 Å². The Labute approximate surface area is 134 Å². The Kier molecular flexibility index (Phi) is 5.72. The zero-order valence-electron chi connectivity index (χ0n) is 12.9. The van der Waals surface area contributed by atoms with Gasteiger partial charge in [-0.3, -0.25) is 4.79 Å². The number of nitrogens with one attached hydrogen (secondary N) is 1. The lowest BCUT2D eigenvalue weighted by molar-refractivity contribution is -0.115. The van der Waals surface area contributed by atoms with Crippen LogP contribution < -0.4 is 14.8 Å². The van der Waals surface area contributed by atoms with Crippen LogP contribution in [0.3, 0.4) is 0 Å². The molecule has 0 aliphatic rings. The topological polar surface area (TPSA) is 47.6 Å². The molecule has 0 saturated carbocycles. The summed E-state index contributed by atoms with van der Waals surface area (Å²) in [5.41, 5.74) is 1.58. The number of methoxy groups -OCH3 is 2. The van der Waals surface area contributed by atoms with Gasteiger partial charge in [0.05, 0.1) is 20.6 Å². The van der Waals surface area contributed by atoms with Crippen LogP contribution in [0.25, 0.3) is 0 Å². The van der Waals surface area contributed by atoms with E-state index in [4.69, 9.17) is 9.47 Å². The van der Waals surface area contributed by atoms with Crippen molar-refractivity contribution in [3.63, 3.8) is 0 Å². The molecule has 22 heavy (non-hydrogen) atoms. The van der Waals surface area contributed by atoms with Gasteiger partial charge in [-0.25, -0.2) is 0 Å². The van der Waals surface area contributed by atoms with E-state index < -0.39 is 0 Å². The normalized spacial score (nSPS) is 10.1. The van der Waals surface area contributed by atoms with Crippen LogP contribution >= 0.6 is 11.8 Å². The molecule has 0 unspecified atom stereocenters. The molecule has 2 rings (SSSR count). The largest absolute Gasteiger partial charge is 0.497 e. The number of amides is 1. The molecule has 0 radical (unpaired) electrons. The number of rotatable bonds is 6. The maximum atomic E-state index is 12.2. The highest BCUT2D eigenvalue weighted by molar-refractivity contribution is 7.98. The van der Waals surface area contributed by atoms with Crippen molar-refractivity contribution in [2.45, 2.75) is 11.3 Å². The highest BCUT2D eigenvalue weighted by atomic mass is 32.2. The van der Waals surface area contributed by atoms with Crippen LogP contribution in [0.2, 0.25) is 0 Å². The van der Waals surface area contributed by atoms with Gasteiger partial charge >= 0.3 is 0 Å². The molecular formula is C17H19NO3S. The molecule has 0 saturated heterocycles. The van der Waals surface area contributed by atoms with Gasteiger partial charge in [0.1, 0.15) is 11.5 Å². The summed E-state index contributed by atoms with van der Waals surface area (Å²) in [4.78, 5) is 13.3. The fraction of sp³-hybridized carbons (Fsp3) is 0.235. The summed E-state index contributed by atoms with van der Waals surface area (Å²) in [6.45, 7) is 0. The molecule has 0 heterocycles. The quantitative estimate of drug-likeness (QED) is 0.827. The number of ether oxygens (including phenoxy) is 2.